The molecule has 2 heterocycles. The number of hydrogen-bond donors (Lipinski definition) is 2. The molecule has 126 valence electrons. The van der Waals surface area contributed by atoms with Crippen molar-refractivity contribution >= 4 is 5.96 Å². The van der Waals surface area contributed by atoms with Crippen LogP contribution in [0.1, 0.15) is 25.7 Å². The average Bonchev–Trinajstić information content (AvgIpc) is 3.00. The van der Waals surface area contributed by atoms with E-state index in [4.69, 9.17) is 4.74 Å². The maximum Gasteiger partial charge on any atom is 0.193 e. The third-order valence-corrected chi connectivity index (χ3v) is 5.28. The summed E-state index contributed by atoms with van der Waals surface area (Å²) in [6.07, 6.45) is 4.17. The third-order valence-electron chi connectivity index (χ3n) is 5.28. The minimum atomic E-state index is -0.500. The van der Waals surface area contributed by atoms with Gasteiger partial charge in [-0.1, -0.05) is 0 Å². The lowest BCUT2D eigenvalue weighted by Gasteiger charge is -2.40. The zero-order valence-electron chi connectivity index (χ0n) is 13.8. The van der Waals surface area contributed by atoms with Crippen LogP contribution in [-0.4, -0.2) is 86.0 Å². The lowest BCUT2D eigenvalue weighted by Crippen LogP contribution is -2.56. The van der Waals surface area contributed by atoms with Crippen molar-refractivity contribution in [2.24, 2.45) is 10.9 Å². The summed E-state index contributed by atoms with van der Waals surface area (Å²) in [6, 6.07) is 0. The minimum Gasteiger partial charge on any atom is -0.388 e. The van der Waals surface area contributed by atoms with Gasteiger partial charge in [-0.3, -0.25) is 9.89 Å². The molecule has 1 unspecified atom stereocenters. The summed E-state index contributed by atoms with van der Waals surface area (Å²) in [5, 5.41) is 13.6. The molecule has 6 heteroatoms. The molecule has 0 bridgehead atoms. The third kappa shape index (κ3) is 3.91. The molecule has 22 heavy (non-hydrogen) atoms. The van der Waals surface area contributed by atoms with E-state index in [1.807, 2.05) is 7.05 Å². The molecule has 1 aliphatic carbocycles. The van der Waals surface area contributed by atoms with Gasteiger partial charge in [0.2, 0.25) is 0 Å². The fourth-order valence-electron chi connectivity index (χ4n) is 3.57. The predicted octanol–water partition coefficient (Wildman–Crippen LogP) is 0.131. The normalized spacial score (nSPS) is 29.5. The van der Waals surface area contributed by atoms with Gasteiger partial charge in [-0.2, -0.15) is 0 Å². The maximum absolute atomic E-state index is 10.2. The molecule has 6 nitrogen and oxygen atoms in total. The predicted molar refractivity (Wildman–Crippen MR) is 87.1 cm³/mol. The lowest BCUT2D eigenvalue weighted by atomic mass is 9.80. The quantitative estimate of drug-likeness (QED) is 0.571. The zero-order valence-corrected chi connectivity index (χ0v) is 13.8. The van der Waals surface area contributed by atoms with E-state index in [0.29, 0.717) is 6.54 Å². The van der Waals surface area contributed by atoms with Crippen molar-refractivity contribution in [2.75, 3.05) is 59.5 Å². The Morgan fingerprint density at radius 1 is 1.32 bits per heavy atom. The van der Waals surface area contributed by atoms with Crippen LogP contribution in [0.4, 0.5) is 0 Å². The van der Waals surface area contributed by atoms with Gasteiger partial charge < -0.3 is 20.1 Å². The van der Waals surface area contributed by atoms with E-state index in [1.54, 1.807) is 0 Å². The van der Waals surface area contributed by atoms with Crippen LogP contribution in [-0.2, 0) is 4.74 Å². The van der Waals surface area contributed by atoms with Gasteiger partial charge in [-0.15, -0.1) is 0 Å². The van der Waals surface area contributed by atoms with E-state index in [0.717, 1.165) is 70.5 Å². The Kier molecular flexibility index (Phi) is 5.21. The fourth-order valence-corrected chi connectivity index (χ4v) is 3.57. The summed E-state index contributed by atoms with van der Waals surface area (Å²) in [7, 11) is 1.83. The highest BCUT2D eigenvalue weighted by Gasteiger charge is 2.34. The van der Waals surface area contributed by atoms with Crippen LogP contribution >= 0.6 is 0 Å². The first-order valence-corrected chi connectivity index (χ1v) is 8.67. The van der Waals surface area contributed by atoms with Crippen LogP contribution < -0.4 is 5.32 Å². The van der Waals surface area contributed by atoms with Crippen LogP contribution in [0.5, 0.6) is 0 Å². The molecule has 2 N–H and O–H groups in total. The molecule has 3 fully saturated rings. The molecule has 0 aromatic carbocycles. The van der Waals surface area contributed by atoms with E-state index in [9.17, 15) is 5.11 Å². The molecule has 0 aromatic rings. The van der Waals surface area contributed by atoms with Crippen molar-refractivity contribution in [3.63, 3.8) is 0 Å². The first-order valence-electron chi connectivity index (χ1n) is 8.67. The van der Waals surface area contributed by atoms with Gasteiger partial charge in [0.05, 0.1) is 12.2 Å². The van der Waals surface area contributed by atoms with Crippen molar-refractivity contribution in [1.29, 1.82) is 0 Å². The minimum absolute atomic E-state index is 0.500. The Labute approximate surface area is 133 Å². The second-order valence-electron chi connectivity index (χ2n) is 7.00. The number of rotatable bonds is 4. The summed E-state index contributed by atoms with van der Waals surface area (Å²) in [5.74, 6) is 1.65. The van der Waals surface area contributed by atoms with Gasteiger partial charge in [-0.25, -0.2) is 0 Å². The van der Waals surface area contributed by atoms with Gasteiger partial charge in [-0.05, 0) is 31.6 Å². The summed E-state index contributed by atoms with van der Waals surface area (Å²) in [4.78, 5) is 9.24. The SMILES string of the molecule is CN=C(NCC1(O)CCC1)N1CCN(CC2CCOC2)CC1. The molecule has 3 aliphatic rings. The lowest BCUT2D eigenvalue weighted by molar-refractivity contribution is -0.0284. The smallest absolute Gasteiger partial charge is 0.193 e. The first kappa shape index (κ1) is 16.0. The molecule has 0 aromatic heterocycles. The van der Waals surface area contributed by atoms with Crippen molar-refractivity contribution in [2.45, 2.75) is 31.3 Å². The molecule has 0 amide bonds. The highest BCUT2D eigenvalue weighted by Crippen LogP contribution is 2.30. The first-order chi connectivity index (χ1) is 10.7. The molecule has 3 rings (SSSR count). The van der Waals surface area contributed by atoms with E-state index in [1.165, 1.54) is 13.0 Å². The monoisotopic (exact) mass is 310 g/mol. The van der Waals surface area contributed by atoms with Crippen LogP contribution in [0.15, 0.2) is 4.99 Å². The fraction of sp³-hybridized carbons (Fsp3) is 0.938. The van der Waals surface area contributed by atoms with E-state index in [2.05, 4.69) is 20.1 Å². The van der Waals surface area contributed by atoms with Gasteiger partial charge in [0.1, 0.15) is 0 Å². The summed E-state index contributed by atoms with van der Waals surface area (Å²) >= 11 is 0. The topological polar surface area (TPSA) is 60.3 Å². The van der Waals surface area contributed by atoms with Crippen LogP contribution in [0.2, 0.25) is 0 Å². The van der Waals surface area contributed by atoms with Crippen molar-refractivity contribution in [3.05, 3.63) is 0 Å². The van der Waals surface area contributed by atoms with Crippen LogP contribution in [0.3, 0.4) is 0 Å². The number of hydrogen-bond acceptors (Lipinski definition) is 4. The summed E-state index contributed by atoms with van der Waals surface area (Å²) in [6.45, 7) is 7.84. The van der Waals surface area contributed by atoms with Crippen molar-refractivity contribution < 1.29 is 9.84 Å². The van der Waals surface area contributed by atoms with Crippen LogP contribution in [0.25, 0.3) is 0 Å². The number of piperazine rings is 1. The number of nitrogens with zero attached hydrogens (tertiary/aromatic N) is 3. The van der Waals surface area contributed by atoms with E-state index < -0.39 is 5.60 Å². The summed E-state index contributed by atoms with van der Waals surface area (Å²) < 4.78 is 5.47. The van der Waals surface area contributed by atoms with E-state index >= 15 is 0 Å². The Morgan fingerprint density at radius 3 is 2.64 bits per heavy atom. The van der Waals surface area contributed by atoms with Gasteiger partial charge in [0, 0.05) is 52.9 Å². The average molecular weight is 310 g/mol. The van der Waals surface area contributed by atoms with E-state index in [-0.39, 0.29) is 0 Å². The zero-order chi connectivity index (χ0) is 15.4. The number of ether oxygens (including phenoxy) is 1. The molecule has 0 spiro atoms. The molecular formula is C16H30N4O2. The van der Waals surface area contributed by atoms with Crippen LogP contribution in [0, 0.1) is 5.92 Å². The number of nitrogens with one attached hydrogen (secondary N) is 1. The highest BCUT2D eigenvalue weighted by atomic mass is 16.5. The maximum atomic E-state index is 10.2. The number of guanidine groups is 1. The van der Waals surface area contributed by atoms with Gasteiger partial charge >= 0.3 is 0 Å². The van der Waals surface area contributed by atoms with Crippen molar-refractivity contribution in [3.8, 4) is 0 Å². The molecule has 2 aliphatic heterocycles. The number of aliphatic hydroxyl groups is 1. The van der Waals surface area contributed by atoms with Gasteiger partial charge in [0.15, 0.2) is 5.96 Å². The molecule has 2 saturated heterocycles. The Balaban J connectivity index is 1.40. The Hall–Kier alpha value is -0.850. The highest BCUT2D eigenvalue weighted by molar-refractivity contribution is 5.80. The standard InChI is InChI=1S/C16H30N4O2/c1-17-15(18-13-16(21)4-2-5-16)20-8-6-19(7-9-20)11-14-3-10-22-12-14/h14,21H,2-13H2,1H3,(H,17,18). The second kappa shape index (κ2) is 7.15. The molecule has 1 saturated carbocycles. The summed E-state index contributed by atoms with van der Waals surface area (Å²) in [5.41, 5.74) is -0.500. The molecule has 0 radical (unpaired) electrons. The number of aliphatic imine (C=N–C) groups is 1. The largest absolute Gasteiger partial charge is 0.388 e. The van der Waals surface area contributed by atoms with Gasteiger partial charge in [0.25, 0.3) is 0 Å². The Bertz CT molecular complexity index is 384. The Morgan fingerprint density at radius 2 is 2.09 bits per heavy atom. The molecule has 1 atom stereocenters. The van der Waals surface area contributed by atoms with Crippen molar-refractivity contribution in [1.82, 2.24) is 15.1 Å². The second-order valence-corrected chi connectivity index (χ2v) is 7.00. The molecular weight excluding hydrogens is 280 g/mol.